The minimum Gasteiger partial charge on any atom is -0.324 e. The number of amides is 1. The zero-order valence-corrected chi connectivity index (χ0v) is 14.2. The third-order valence-electron chi connectivity index (χ3n) is 3.70. The molecule has 0 saturated carbocycles. The molecule has 22 heavy (non-hydrogen) atoms. The van der Waals surface area contributed by atoms with Crippen LogP contribution in [0.5, 0.6) is 0 Å². The fourth-order valence-corrected chi connectivity index (χ4v) is 2.19. The molecule has 0 fully saturated rings. The topological polar surface area (TPSA) is 53.2 Å². The van der Waals surface area contributed by atoms with Crippen LogP contribution in [-0.4, -0.2) is 31.6 Å². The summed E-state index contributed by atoms with van der Waals surface area (Å²) in [6, 6.07) is 7.69. The molecule has 1 unspecified atom stereocenters. The molecule has 0 spiro atoms. The minimum atomic E-state index is -0.192. The van der Waals surface area contributed by atoms with Crippen LogP contribution in [0.4, 0.5) is 5.69 Å². The van der Waals surface area contributed by atoms with Gasteiger partial charge < -0.3 is 16.0 Å². The highest BCUT2D eigenvalue weighted by Gasteiger charge is 2.17. The summed E-state index contributed by atoms with van der Waals surface area (Å²) in [5.74, 6) is 0.0365. The van der Waals surface area contributed by atoms with Gasteiger partial charge in [0.2, 0.25) is 5.91 Å². The van der Waals surface area contributed by atoms with E-state index >= 15 is 0 Å². The monoisotopic (exact) mass is 305 g/mol. The van der Waals surface area contributed by atoms with Crippen LogP contribution in [0.2, 0.25) is 0 Å². The van der Waals surface area contributed by atoms with Gasteiger partial charge in [0.15, 0.2) is 0 Å². The number of carbonyl (C=O) groups is 1. The van der Waals surface area contributed by atoms with E-state index in [-0.39, 0.29) is 11.9 Å². The largest absolute Gasteiger partial charge is 0.324 e. The smallest absolute Gasteiger partial charge is 0.242 e. The van der Waals surface area contributed by atoms with Crippen LogP contribution in [0.3, 0.4) is 0 Å². The van der Waals surface area contributed by atoms with Gasteiger partial charge in [-0.05, 0) is 44.5 Å². The number of hydrogen-bond donors (Lipinski definition) is 3. The molecule has 1 atom stereocenters. The Labute approximate surface area is 135 Å². The normalized spacial score (nSPS) is 12.1. The molecule has 3 N–H and O–H groups in total. The zero-order valence-electron chi connectivity index (χ0n) is 14.2. The van der Waals surface area contributed by atoms with Gasteiger partial charge in [-0.25, -0.2) is 0 Å². The number of nitrogens with one attached hydrogen (secondary N) is 3. The van der Waals surface area contributed by atoms with E-state index in [4.69, 9.17) is 0 Å². The standard InChI is InChI=1S/C18H31N3O/c1-4-6-12-19-14-17(20-13-7-5-2)18(22)21-16-11-9-8-10-15(16)3/h8-11,17,19-20H,4-7,12-14H2,1-3H3,(H,21,22). The number of hydrogen-bond acceptors (Lipinski definition) is 3. The van der Waals surface area contributed by atoms with Crippen molar-refractivity contribution in [3.63, 3.8) is 0 Å². The Bertz CT molecular complexity index is 434. The molecule has 1 aromatic rings. The summed E-state index contributed by atoms with van der Waals surface area (Å²) in [5.41, 5.74) is 1.98. The van der Waals surface area contributed by atoms with Crippen molar-refractivity contribution in [2.45, 2.75) is 52.5 Å². The van der Waals surface area contributed by atoms with E-state index in [0.29, 0.717) is 6.54 Å². The number of rotatable bonds is 11. The molecule has 0 bridgehead atoms. The molecule has 0 saturated heterocycles. The zero-order chi connectivity index (χ0) is 16.2. The molecule has 4 heteroatoms. The van der Waals surface area contributed by atoms with Crippen molar-refractivity contribution in [1.29, 1.82) is 0 Å². The summed E-state index contributed by atoms with van der Waals surface area (Å²) < 4.78 is 0. The molecule has 4 nitrogen and oxygen atoms in total. The van der Waals surface area contributed by atoms with Crippen molar-refractivity contribution in [1.82, 2.24) is 10.6 Å². The Hall–Kier alpha value is -1.39. The van der Waals surface area contributed by atoms with Crippen LogP contribution in [0.15, 0.2) is 24.3 Å². The maximum absolute atomic E-state index is 12.5. The lowest BCUT2D eigenvalue weighted by atomic mass is 10.2. The number of benzene rings is 1. The molecule has 1 aromatic carbocycles. The summed E-state index contributed by atoms with van der Waals surface area (Å²) in [4.78, 5) is 12.5. The van der Waals surface area contributed by atoms with Gasteiger partial charge in [0.1, 0.15) is 0 Å². The quantitative estimate of drug-likeness (QED) is 0.551. The highest BCUT2D eigenvalue weighted by atomic mass is 16.2. The average molecular weight is 305 g/mol. The first-order chi connectivity index (χ1) is 10.7. The molecular weight excluding hydrogens is 274 g/mol. The van der Waals surface area contributed by atoms with Gasteiger partial charge in [-0.15, -0.1) is 0 Å². The van der Waals surface area contributed by atoms with Crippen LogP contribution in [0.25, 0.3) is 0 Å². The van der Waals surface area contributed by atoms with Crippen molar-refractivity contribution in [2.24, 2.45) is 0 Å². The van der Waals surface area contributed by atoms with Crippen LogP contribution in [0, 0.1) is 6.92 Å². The van der Waals surface area contributed by atoms with Crippen molar-refractivity contribution < 1.29 is 4.79 Å². The second-order valence-corrected chi connectivity index (χ2v) is 5.72. The predicted octanol–water partition coefficient (Wildman–Crippen LogP) is 3.08. The van der Waals surface area contributed by atoms with E-state index in [2.05, 4.69) is 29.8 Å². The number of unbranched alkanes of at least 4 members (excludes halogenated alkanes) is 2. The molecular formula is C18H31N3O. The first-order valence-electron chi connectivity index (χ1n) is 8.49. The molecule has 1 rings (SSSR count). The SMILES string of the molecule is CCCCNCC(NCCCC)C(=O)Nc1ccccc1C. The van der Waals surface area contributed by atoms with Gasteiger partial charge in [0.05, 0.1) is 6.04 Å². The second-order valence-electron chi connectivity index (χ2n) is 5.72. The fourth-order valence-electron chi connectivity index (χ4n) is 2.19. The molecule has 0 aliphatic heterocycles. The van der Waals surface area contributed by atoms with E-state index < -0.39 is 0 Å². The van der Waals surface area contributed by atoms with Crippen molar-refractivity contribution >= 4 is 11.6 Å². The Morgan fingerprint density at radius 3 is 2.45 bits per heavy atom. The Morgan fingerprint density at radius 1 is 1.09 bits per heavy atom. The van der Waals surface area contributed by atoms with Crippen LogP contribution >= 0.6 is 0 Å². The number of para-hydroxylation sites is 1. The summed E-state index contributed by atoms with van der Waals surface area (Å²) in [6.45, 7) is 8.83. The highest BCUT2D eigenvalue weighted by molar-refractivity contribution is 5.95. The molecule has 0 heterocycles. The van der Waals surface area contributed by atoms with Gasteiger partial charge in [-0.1, -0.05) is 44.9 Å². The highest BCUT2D eigenvalue weighted by Crippen LogP contribution is 2.13. The molecule has 0 radical (unpaired) electrons. The fraction of sp³-hybridized carbons (Fsp3) is 0.611. The summed E-state index contributed by atoms with van der Waals surface area (Å²) >= 11 is 0. The average Bonchev–Trinajstić information content (AvgIpc) is 2.52. The molecule has 0 aromatic heterocycles. The van der Waals surface area contributed by atoms with Crippen molar-refractivity contribution in [3.8, 4) is 0 Å². The van der Waals surface area contributed by atoms with E-state index in [1.165, 1.54) is 0 Å². The van der Waals surface area contributed by atoms with Crippen LogP contribution in [0.1, 0.15) is 45.1 Å². The lowest BCUT2D eigenvalue weighted by Crippen LogP contribution is -2.47. The Balaban J connectivity index is 2.55. The number of carbonyl (C=O) groups excluding carboxylic acids is 1. The molecule has 124 valence electrons. The van der Waals surface area contributed by atoms with Crippen molar-refractivity contribution in [2.75, 3.05) is 25.0 Å². The minimum absolute atomic E-state index is 0.0365. The van der Waals surface area contributed by atoms with E-state index in [1.807, 2.05) is 31.2 Å². The predicted molar refractivity (Wildman–Crippen MR) is 94.3 cm³/mol. The first kappa shape index (κ1) is 18.7. The maximum Gasteiger partial charge on any atom is 0.242 e. The van der Waals surface area contributed by atoms with Crippen molar-refractivity contribution in [3.05, 3.63) is 29.8 Å². The van der Waals surface area contributed by atoms with E-state index in [0.717, 1.165) is 50.0 Å². The summed E-state index contributed by atoms with van der Waals surface area (Å²) in [5, 5.41) is 9.77. The summed E-state index contributed by atoms with van der Waals surface area (Å²) in [6.07, 6.45) is 4.52. The van der Waals surface area contributed by atoms with Gasteiger partial charge in [-0.3, -0.25) is 4.79 Å². The maximum atomic E-state index is 12.5. The third-order valence-corrected chi connectivity index (χ3v) is 3.70. The molecule has 0 aliphatic rings. The van der Waals surface area contributed by atoms with Crippen LogP contribution in [-0.2, 0) is 4.79 Å². The van der Waals surface area contributed by atoms with E-state index in [9.17, 15) is 4.79 Å². The number of anilines is 1. The Kier molecular flexibility index (Phi) is 9.51. The second kappa shape index (κ2) is 11.2. The lowest BCUT2D eigenvalue weighted by molar-refractivity contribution is -0.118. The van der Waals surface area contributed by atoms with Crippen LogP contribution < -0.4 is 16.0 Å². The molecule has 1 amide bonds. The van der Waals surface area contributed by atoms with Gasteiger partial charge in [-0.2, -0.15) is 0 Å². The summed E-state index contributed by atoms with van der Waals surface area (Å²) in [7, 11) is 0. The van der Waals surface area contributed by atoms with Gasteiger partial charge >= 0.3 is 0 Å². The lowest BCUT2D eigenvalue weighted by Gasteiger charge is -2.19. The first-order valence-corrected chi connectivity index (χ1v) is 8.49. The number of aryl methyl sites for hydroxylation is 1. The Morgan fingerprint density at radius 2 is 1.77 bits per heavy atom. The van der Waals surface area contributed by atoms with Gasteiger partial charge in [0, 0.05) is 12.2 Å². The van der Waals surface area contributed by atoms with E-state index in [1.54, 1.807) is 0 Å². The van der Waals surface area contributed by atoms with Gasteiger partial charge in [0.25, 0.3) is 0 Å². The molecule has 0 aliphatic carbocycles. The third kappa shape index (κ3) is 7.05.